The monoisotopic (exact) mass is 296 g/mol. The van der Waals surface area contributed by atoms with Gasteiger partial charge in [-0.05, 0) is 12.0 Å². The first kappa shape index (κ1) is 15.4. The molecule has 0 radical (unpaired) electrons. The van der Waals surface area contributed by atoms with Gasteiger partial charge in [-0.2, -0.15) is 0 Å². The summed E-state index contributed by atoms with van der Waals surface area (Å²) in [6.07, 6.45) is -2.03. The maximum absolute atomic E-state index is 12.7. The molecule has 0 saturated carbocycles. The quantitative estimate of drug-likeness (QED) is 0.897. The molecule has 1 N–H and O–H groups in total. The summed E-state index contributed by atoms with van der Waals surface area (Å²) in [5.74, 6) is -0.802. The van der Waals surface area contributed by atoms with E-state index in [0.29, 0.717) is 6.42 Å². The van der Waals surface area contributed by atoms with E-state index in [1.54, 1.807) is 6.92 Å². The Kier molecular flexibility index (Phi) is 4.88. The third-order valence-corrected chi connectivity index (χ3v) is 3.59. The first-order valence-electron chi connectivity index (χ1n) is 6.95. The third-order valence-electron chi connectivity index (χ3n) is 3.59. The predicted molar refractivity (Wildman–Crippen MR) is 73.9 cm³/mol. The second-order valence-electron chi connectivity index (χ2n) is 5.06. The Hall–Kier alpha value is -1.98. The SMILES string of the molecule is CCC1NC(=O)C(Cc2ccccc2)N(CC(F)F)C1=O. The molecule has 1 aliphatic rings. The zero-order valence-electron chi connectivity index (χ0n) is 11.8. The fraction of sp³-hybridized carbons (Fsp3) is 0.467. The number of benzene rings is 1. The molecule has 1 aromatic carbocycles. The number of halogens is 2. The molecule has 0 spiro atoms. The zero-order valence-corrected chi connectivity index (χ0v) is 11.8. The smallest absolute Gasteiger partial charge is 0.255 e. The predicted octanol–water partition coefficient (Wildman–Crippen LogP) is 1.60. The highest BCUT2D eigenvalue weighted by Gasteiger charge is 2.40. The molecule has 6 heteroatoms. The molecule has 1 aromatic rings. The van der Waals surface area contributed by atoms with Crippen molar-refractivity contribution in [3.63, 3.8) is 0 Å². The van der Waals surface area contributed by atoms with Crippen LogP contribution in [-0.2, 0) is 16.0 Å². The average Bonchev–Trinajstić information content (AvgIpc) is 2.47. The van der Waals surface area contributed by atoms with Crippen molar-refractivity contribution in [2.45, 2.75) is 38.3 Å². The summed E-state index contributed by atoms with van der Waals surface area (Å²) in [4.78, 5) is 25.4. The third kappa shape index (κ3) is 3.56. The lowest BCUT2D eigenvalue weighted by atomic mass is 9.99. The minimum Gasteiger partial charge on any atom is -0.343 e. The van der Waals surface area contributed by atoms with Crippen LogP contribution in [0.2, 0.25) is 0 Å². The molecular weight excluding hydrogens is 278 g/mol. The summed E-state index contributed by atoms with van der Waals surface area (Å²) < 4.78 is 25.5. The minimum absolute atomic E-state index is 0.238. The van der Waals surface area contributed by atoms with Crippen LogP contribution >= 0.6 is 0 Å². The fourth-order valence-electron chi connectivity index (χ4n) is 2.51. The van der Waals surface area contributed by atoms with Crippen LogP contribution in [0.15, 0.2) is 30.3 Å². The molecule has 1 heterocycles. The Morgan fingerprint density at radius 1 is 1.24 bits per heavy atom. The first-order chi connectivity index (χ1) is 10.0. The van der Waals surface area contributed by atoms with Crippen LogP contribution in [0.3, 0.4) is 0 Å². The van der Waals surface area contributed by atoms with Crippen molar-refractivity contribution in [1.82, 2.24) is 10.2 Å². The summed E-state index contributed by atoms with van der Waals surface area (Å²) in [6, 6.07) is 7.49. The Balaban J connectivity index is 2.22. The van der Waals surface area contributed by atoms with Crippen LogP contribution in [-0.4, -0.2) is 41.8 Å². The summed E-state index contributed by atoms with van der Waals surface area (Å²) in [7, 11) is 0. The lowest BCUT2D eigenvalue weighted by Crippen LogP contribution is -2.64. The van der Waals surface area contributed by atoms with Crippen molar-refractivity contribution in [3.05, 3.63) is 35.9 Å². The summed E-state index contributed by atoms with van der Waals surface area (Å²) in [5.41, 5.74) is 0.833. The van der Waals surface area contributed by atoms with E-state index in [1.807, 2.05) is 30.3 Å². The van der Waals surface area contributed by atoms with Gasteiger partial charge in [-0.15, -0.1) is 0 Å². The van der Waals surface area contributed by atoms with Crippen molar-refractivity contribution in [2.75, 3.05) is 6.54 Å². The van der Waals surface area contributed by atoms with Gasteiger partial charge < -0.3 is 10.2 Å². The minimum atomic E-state index is -2.66. The zero-order chi connectivity index (χ0) is 15.4. The molecule has 1 saturated heterocycles. The van der Waals surface area contributed by atoms with Crippen LogP contribution in [0.4, 0.5) is 8.78 Å². The molecule has 0 aliphatic carbocycles. The number of carbonyl (C=O) groups excluding carboxylic acids is 2. The number of amides is 2. The molecule has 2 unspecified atom stereocenters. The average molecular weight is 296 g/mol. The van der Waals surface area contributed by atoms with Crippen molar-refractivity contribution >= 4 is 11.8 Å². The first-order valence-corrected chi connectivity index (χ1v) is 6.95. The number of carbonyl (C=O) groups is 2. The maximum Gasteiger partial charge on any atom is 0.255 e. The van der Waals surface area contributed by atoms with Crippen LogP contribution < -0.4 is 5.32 Å². The van der Waals surface area contributed by atoms with Gasteiger partial charge in [0.25, 0.3) is 6.43 Å². The van der Waals surface area contributed by atoms with E-state index in [4.69, 9.17) is 0 Å². The van der Waals surface area contributed by atoms with Gasteiger partial charge in [-0.25, -0.2) is 8.78 Å². The van der Waals surface area contributed by atoms with Crippen molar-refractivity contribution in [2.24, 2.45) is 0 Å². The normalized spacial score (nSPS) is 22.6. The van der Waals surface area contributed by atoms with E-state index in [9.17, 15) is 18.4 Å². The standard InChI is InChI=1S/C15H18F2N2O2/c1-2-11-15(21)19(9-13(16)17)12(14(20)18-11)8-10-6-4-3-5-7-10/h3-7,11-13H,2,8-9H2,1H3,(H,18,20). The van der Waals surface area contributed by atoms with Gasteiger partial charge in [-0.3, -0.25) is 9.59 Å². The van der Waals surface area contributed by atoms with E-state index in [0.717, 1.165) is 10.5 Å². The molecule has 0 aromatic heterocycles. The van der Waals surface area contributed by atoms with Gasteiger partial charge in [-0.1, -0.05) is 37.3 Å². The number of rotatable bonds is 5. The summed E-state index contributed by atoms with van der Waals surface area (Å²) in [5, 5.41) is 2.61. The van der Waals surface area contributed by atoms with Crippen molar-refractivity contribution in [3.8, 4) is 0 Å². The molecule has 1 fully saturated rings. The second-order valence-corrected chi connectivity index (χ2v) is 5.06. The van der Waals surface area contributed by atoms with E-state index < -0.39 is 31.0 Å². The maximum atomic E-state index is 12.7. The molecule has 2 rings (SSSR count). The molecule has 2 amide bonds. The van der Waals surface area contributed by atoms with Crippen molar-refractivity contribution < 1.29 is 18.4 Å². The summed E-state index contributed by atoms with van der Waals surface area (Å²) in [6.45, 7) is 1.03. The number of piperazine rings is 1. The highest BCUT2D eigenvalue weighted by atomic mass is 19.3. The van der Waals surface area contributed by atoms with E-state index in [-0.39, 0.29) is 12.3 Å². The largest absolute Gasteiger partial charge is 0.343 e. The Labute approximate surface area is 122 Å². The number of hydrogen-bond acceptors (Lipinski definition) is 2. The Bertz CT molecular complexity index is 508. The highest BCUT2D eigenvalue weighted by molar-refractivity contribution is 5.97. The lowest BCUT2D eigenvalue weighted by molar-refractivity contribution is -0.151. The van der Waals surface area contributed by atoms with Crippen LogP contribution in [0.25, 0.3) is 0 Å². The molecule has 1 aliphatic heterocycles. The number of alkyl halides is 2. The van der Waals surface area contributed by atoms with Gasteiger partial charge in [0, 0.05) is 6.42 Å². The lowest BCUT2D eigenvalue weighted by Gasteiger charge is -2.38. The molecule has 114 valence electrons. The number of hydrogen-bond donors (Lipinski definition) is 1. The molecule has 21 heavy (non-hydrogen) atoms. The van der Waals surface area contributed by atoms with Crippen LogP contribution in [0, 0.1) is 0 Å². The Morgan fingerprint density at radius 3 is 2.48 bits per heavy atom. The van der Waals surface area contributed by atoms with Gasteiger partial charge in [0.05, 0.1) is 6.54 Å². The Morgan fingerprint density at radius 2 is 1.90 bits per heavy atom. The number of nitrogens with one attached hydrogen (secondary N) is 1. The van der Waals surface area contributed by atoms with Gasteiger partial charge in [0.15, 0.2) is 0 Å². The van der Waals surface area contributed by atoms with E-state index in [2.05, 4.69) is 5.32 Å². The molecule has 0 bridgehead atoms. The van der Waals surface area contributed by atoms with Crippen molar-refractivity contribution in [1.29, 1.82) is 0 Å². The molecule has 2 atom stereocenters. The van der Waals surface area contributed by atoms with Gasteiger partial charge in [0.1, 0.15) is 12.1 Å². The fourth-order valence-corrected chi connectivity index (χ4v) is 2.51. The summed E-state index contributed by atoms with van der Waals surface area (Å²) >= 11 is 0. The molecule has 4 nitrogen and oxygen atoms in total. The highest BCUT2D eigenvalue weighted by Crippen LogP contribution is 2.18. The van der Waals surface area contributed by atoms with Gasteiger partial charge in [0.2, 0.25) is 11.8 Å². The number of nitrogens with zero attached hydrogens (tertiary/aromatic N) is 1. The topological polar surface area (TPSA) is 49.4 Å². The van der Waals surface area contributed by atoms with Crippen LogP contribution in [0.1, 0.15) is 18.9 Å². The van der Waals surface area contributed by atoms with E-state index in [1.165, 1.54) is 0 Å². The van der Waals surface area contributed by atoms with Gasteiger partial charge >= 0.3 is 0 Å². The molecular formula is C15H18F2N2O2. The second kappa shape index (κ2) is 6.65. The van der Waals surface area contributed by atoms with E-state index >= 15 is 0 Å². The van der Waals surface area contributed by atoms with Crippen LogP contribution in [0.5, 0.6) is 0 Å².